The van der Waals surface area contributed by atoms with Gasteiger partial charge in [-0.3, -0.25) is 4.90 Å². The van der Waals surface area contributed by atoms with E-state index in [1.807, 2.05) is 0 Å². The van der Waals surface area contributed by atoms with E-state index in [-0.39, 0.29) is 5.75 Å². The molecule has 2 aliphatic rings. The van der Waals surface area contributed by atoms with Crippen LogP contribution in [0.3, 0.4) is 0 Å². The van der Waals surface area contributed by atoms with Crippen LogP contribution < -0.4 is 0 Å². The monoisotopic (exact) mass is 310 g/mol. The fraction of sp³-hybridized carbons (Fsp3) is 1.00. The first kappa shape index (κ1) is 15.5. The summed E-state index contributed by atoms with van der Waals surface area (Å²) in [5.41, 5.74) is 0. The van der Waals surface area contributed by atoms with Gasteiger partial charge in [0.1, 0.15) is 0 Å². The van der Waals surface area contributed by atoms with E-state index in [4.69, 9.17) is 16.3 Å². The van der Waals surface area contributed by atoms with Crippen LogP contribution in [0.2, 0.25) is 0 Å². The maximum Gasteiger partial charge on any atom is 0.214 e. The van der Waals surface area contributed by atoms with Gasteiger partial charge in [0.2, 0.25) is 10.0 Å². The van der Waals surface area contributed by atoms with E-state index in [0.29, 0.717) is 31.4 Å². The Morgan fingerprint density at radius 3 is 2.58 bits per heavy atom. The van der Waals surface area contributed by atoms with Gasteiger partial charge in [-0.25, -0.2) is 12.7 Å². The van der Waals surface area contributed by atoms with Crippen molar-refractivity contribution in [3.63, 3.8) is 0 Å². The van der Waals surface area contributed by atoms with Crippen LogP contribution in [0.4, 0.5) is 0 Å². The van der Waals surface area contributed by atoms with Gasteiger partial charge < -0.3 is 4.74 Å². The first-order valence-electron chi connectivity index (χ1n) is 6.99. The maximum atomic E-state index is 12.2. The summed E-state index contributed by atoms with van der Waals surface area (Å²) in [6.07, 6.45) is 2.36. The Kier molecular flexibility index (Phi) is 5.89. The van der Waals surface area contributed by atoms with Crippen LogP contribution >= 0.6 is 11.6 Å². The van der Waals surface area contributed by atoms with Gasteiger partial charge in [-0.2, -0.15) is 0 Å². The topological polar surface area (TPSA) is 49.9 Å². The molecule has 7 heteroatoms. The van der Waals surface area contributed by atoms with Gasteiger partial charge in [0.05, 0.1) is 19.0 Å². The minimum absolute atomic E-state index is 0.232. The minimum Gasteiger partial charge on any atom is -0.379 e. The number of nitrogens with zero attached hydrogens (tertiary/aromatic N) is 2. The molecule has 2 rings (SSSR count). The van der Waals surface area contributed by atoms with Crippen LogP contribution in [-0.2, 0) is 14.8 Å². The maximum absolute atomic E-state index is 12.2. The SMILES string of the molecule is O=S(=O)(CCCCCl)N1CCC(N2CCOCC2)C1. The molecule has 5 nitrogen and oxygen atoms in total. The number of unbranched alkanes of at least 4 members (excludes halogenated alkanes) is 1. The zero-order chi connectivity index (χ0) is 13.7. The van der Waals surface area contributed by atoms with E-state index < -0.39 is 10.0 Å². The molecule has 2 saturated heterocycles. The van der Waals surface area contributed by atoms with E-state index in [1.165, 1.54) is 0 Å². The Hall–Kier alpha value is 0.120. The Balaban J connectivity index is 1.83. The fourth-order valence-corrected chi connectivity index (χ4v) is 4.51. The fourth-order valence-electron chi connectivity index (χ4n) is 2.71. The molecular weight excluding hydrogens is 288 g/mol. The largest absolute Gasteiger partial charge is 0.379 e. The molecule has 0 spiro atoms. The molecule has 0 aliphatic carbocycles. The molecule has 0 aromatic carbocycles. The van der Waals surface area contributed by atoms with Crippen LogP contribution in [0, 0.1) is 0 Å². The molecule has 19 heavy (non-hydrogen) atoms. The normalized spacial score (nSPS) is 26.9. The van der Waals surface area contributed by atoms with Gasteiger partial charge >= 0.3 is 0 Å². The number of ether oxygens (including phenoxy) is 1. The molecule has 0 aromatic rings. The zero-order valence-corrected chi connectivity index (χ0v) is 12.8. The van der Waals surface area contributed by atoms with Crippen LogP contribution in [-0.4, -0.2) is 74.7 Å². The predicted molar refractivity (Wildman–Crippen MR) is 76.1 cm³/mol. The lowest BCUT2D eigenvalue weighted by molar-refractivity contribution is 0.0197. The number of alkyl halides is 1. The number of halogens is 1. The summed E-state index contributed by atoms with van der Waals surface area (Å²) in [4.78, 5) is 2.36. The highest BCUT2D eigenvalue weighted by molar-refractivity contribution is 7.89. The average Bonchev–Trinajstić information content (AvgIpc) is 2.90. The molecule has 1 unspecified atom stereocenters. The van der Waals surface area contributed by atoms with Crippen molar-refractivity contribution in [3.8, 4) is 0 Å². The van der Waals surface area contributed by atoms with Gasteiger partial charge in [-0.1, -0.05) is 0 Å². The highest BCUT2D eigenvalue weighted by Crippen LogP contribution is 2.20. The second kappa shape index (κ2) is 7.22. The lowest BCUT2D eigenvalue weighted by Crippen LogP contribution is -2.45. The second-order valence-corrected chi connectivity index (χ2v) is 7.63. The van der Waals surface area contributed by atoms with Crippen molar-refractivity contribution in [1.82, 2.24) is 9.21 Å². The van der Waals surface area contributed by atoms with Crippen molar-refractivity contribution in [2.24, 2.45) is 0 Å². The third-order valence-corrected chi connectivity index (χ3v) is 6.06. The summed E-state index contributed by atoms with van der Waals surface area (Å²) in [6.45, 7) is 4.67. The number of sulfonamides is 1. The van der Waals surface area contributed by atoms with E-state index in [0.717, 1.165) is 39.1 Å². The molecule has 112 valence electrons. The van der Waals surface area contributed by atoms with E-state index in [1.54, 1.807) is 4.31 Å². The van der Waals surface area contributed by atoms with E-state index in [2.05, 4.69) is 4.90 Å². The van der Waals surface area contributed by atoms with Gasteiger partial charge in [-0.05, 0) is 19.3 Å². The number of morpholine rings is 1. The highest BCUT2D eigenvalue weighted by atomic mass is 35.5. The van der Waals surface area contributed by atoms with Crippen molar-refractivity contribution in [3.05, 3.63) is 0 Å². The summed E-state index contributed by atoms with van der Waals surface area (Å²) in [6, 6.07) is 0.367. The molecule has 0 saturated carbocycles. The number of rotatable bonds is 6. The first-order chi connectivity index (χ1) is 9.13. The smallest absolute Gasteiger partial charge is 0.214 e. The molecule has 2 heterocycles. The van der Waals surface area contributed by atoms with Crippen molar-refractivity contribution in [1.29, 1.82) is 0 Å². The minimum atomic E-state index is -3.09. The lowest BCUT2D eigenvalue weighted by atomic mass is 10.2. The molecule has 0 bridgehead atoms. The van der Waals surface area contributed by atoms with Crippen LogP contribution in [0.25, 0.3) is 0 Å². The lowest BCUT2D eigenvalue weighted by Gasteiger charge is -2.32. The van der Waals surface area contributed by atoms with E-state index >= 15 is 0 Å². The Labute approximate surface area is 120 Å². The van der Waals surface area contributed by atoms with Crippen molar-refractivity contribution in [2.45, 2.75) is 25.3 Å². The highest BCUT2D eigenvalue weighted by Gasteiger charge is 2.34. The zero-order valence-electron chi connectivity index (χ0n) is 11.3. The predicted octanol–water partition coefficient (Wildman–Crippen LogP) is 0.742. The summed E-state index contributed by atoms with van der Waals surface area (Å²) in [5, 5.41) is 0. The van der Waals surface area contributed by atoms with Crippen LogP contribution in [0.1, 0.15) is 19.3 Å². The van der Waals surface area contributed by atoms with Crippen molar-refractivity contribution < 1.29 is 13.2 Å². The molecule has 0 radical (unpaired) electrons. The molecule has 1 atom stereocenters. The van der Waals surface area contributed by atoms with E-state index in [9.17, 15) is 8.42 Å². The van der Waals surface area contributed by atoms with Crippen LogP contribution in [0.5, 0.6) is 0 Å². The standard InChI is InChI=1S/C12H23ClN2O3S/c13-4-1-2-10-19(16,17)15-5-3-12(11-15)14-6-8-18-9-7-14/h12H,1-11H2. The Morgan fingerprint density at radius 1 is 1.16 bits per heavy atom. The summed E-state index contributed by atoms with van der Waals surface area (Å²) in [7, 11) is -3.09. The van der Waals surface area contributed by atoms with Gasteiger partial charge in [0.25, 0.3) is 0 Å². The summed E-state index contributed by atoms with van der Waals surface area (Å²) in [5.74, 6) is 0.765. The van der Waals surface area contributed by atoms with Crippen molar-refractivity contribution >= 4 is 21.6 Å². The van der Waals surface area contributed by atoms with Crippen molar-refractivity contribution in [2.75, 3.05) is 51.0 Å². The summed E-state index contributed by atoms with van der Waals surface area (Å²) >= 11 is 5.59. The molecule has 2 fully saturated rings. The van der Waals surface area contributed by atoms with Gasteiger partial charge in [0.15, 0.2) is 0 Å². The Morgan fingerprint density at radius 2 is 1.89 bits per heavy atom. The Bertz CT molecular complexity index is 371. The summed E-state index contributed by atoms with van der Waals surface area (Å²) < 4.78 is 31.3. The number of hydrogen-bond donors (Lipinski definition) is 0. The molecule has 0 aromatic heterocycles. The van der Waals surface area contributed by atoms with Gasteiger partial charge in [-0.15, -0.1) is 11.6 Å². The average molecular weight is 311 g/mol. The van der Waals surface area contributed by atoms with Gasteiger partial charge in [0, 0.05) is 38.1 Å². The molecular formula is C12H23ClN2O3S. The quantitative estimate of drug-likeness (QED) is 0.536. The molecule has 0 amide bonds. The molecule has 2 aliphatic heterocycles. The first-order valence-corrected chi connectivity index (χ1v) is 9.13. The third-order valence-electron chi connectivity index (χ3n) is 3.87. The third kappa shape index (κ3) is 4.29. The van der Waals surface area contributed by atoms with Crippen LogP contribution in [0.15, 0.2) is 0 Å². The number of hydrogen-bond acceptors (Lipinski definition) is 4. The molecule has 0 N–H and O–H groups in total. The second-order valence-electron chi connectivity index (χ2n) is 5.16.